The van der Waals surface area contributed by atoms with Gasteiger partial charge in [0.1, 0.15) is 16.1 Å². The van der Waals surface area contributed by atoms with Crippen molar-refractivity contribution in [2.75, 3.05) is 0 Å². The van der Waals surface area contributed by atoms with Gasteiger partial charge in [-0.15, -0.1) is 0 Å². The van der Waals surface area contributed by atoms with Crippen molar-refractivity contribution in [3.8, 4) is 11.5 Å². The fraction of sp³-hybridized carbons (Fsp3) is 0.588. The van der Waals surface area contributed by atoms with Crippen LogP contribution in [0.5, 0.6) is 11.5 Å². The van der Waals surface area contributed by atoms with Crippen molar-refractivity contribution in [3.63, 3.8) is 0 Å². The molecule has 1 rings (SSSR count). The summed E-state index contributed by atoms with van der Waals surface area (Å²) in [5.41, 5.74) is 1.93. The highest BCUT2D eigenvalue weighted by Gasteiger charge is 2.26. The summed E-state index contributed by atoms with van der Waals surface area (Å²) < 4.78 is 21.5. The number of nitrogens with zero attached hydrogens (tertiary/aromatic N) is 1. The van der Waals surface area contributed by atoms with Crippen molar-refractivity contribution in [2.24, 2.45) is 4.40 Å². The Balaban J connectivity index is 2.70. The summed E-state index contributed by atoms with van der Waals surface area (Å²) >= 11 is -1.22. The summed E-state index contributed by atoms with van der Waals surface area (Å²) in [6, 6.07) is 5.37. The molecule has 0 fully saturated rings. The first-order valence-electron chi connectivity index (χ1n) is 7.54. The quantitative estimate of drug-likeness (QED) is 0.634. The zero-order chi connectivity index (χ0) is 16.9. The maximum Gasteiger partial charge on any atom is 0.161 e. The highest BCUT2D eigenvalue weighted by Crippen LogP contribution is 2.28. The lowest BCUT2D eigenvalue weighted by Gasteiger charge is -2.18. The minimum atomic E-state index is -1.22. The van der Waals surface area contributed by atoms with Crippen molar-refractivity contribution >= 4 is 17.1 Å². The second-order valence-corrected chi connectivity index (χ2v) is 8.56. The van der Waals surface area contributed by atoms with Crippen molar-refractivity contribution in [2.45, 2.75) is 65.2 Å². The first kappa shape index (κ1) is 18.8. The number of hydrogen-bond donors (Lipinski definition) is 1. The molecule has 1 N–H and O–H groups in total. The molecule has 0 aliphatic carbocycles. The molecular formula is C17H27NO3S. The SMILES string of the molecule is C/C(CCc1ccc(O)c(OC(C)C)c1)=N\[S+]([O-])C(C)(C)C. The molecule has 0 aromatic heterocycles. The van der Waals surface area contributed by atoms with Gasteiger partial charge in [-0.3, -0.25) is 0 Å². The van der Waals surface area contributed by atoms with E-state index in [1.165, 1.54) is 0 Å². The van der Waals surface area contributed by atoms with E-state index in [0.717, 1.165) is 24.1 Å². The van der Waals surface area contributed by atoms with Gasteiger partial charge in [0.25, 0.3) is 0 Å². The third-order valence-electron chi connectivity index (χ3n) is 2.92. The predicted octanol–water partition coefficient (Wildman–Crippen LogP) is 4.04. The molecule has 0 saturated heterocycles. The first-order valence-corrected chi connectivity index (χ1v) is 8.65. The Hall–Kier alpha value is -1.20. The number of hydrogen-bond acceptors (Lipinski definition) is 4. The number of ether oxygens (including phenoxy) is 1. The van der Waals surface area contributed by atoms with Gasteiger partial charge < -0.3 is 14.4 Å². The Bertz CT molecular complexity index is 521. The minimum absolute atomic E-state index is 0.0126. The van der Waals surface area contributed by atoms with Crippen molar-refractivity contribution in [1.82, 2.24) is 0 Å². The van der Waals surface area contributed by atoms with Crippen molar-refractivity contribution in [3.05, 3.63) is 23.8 Å². The third kappa shape index (κ3) is 6.28. The second-order valence-electron chi connectivity index (χ2n) is 6.66. The van der Waals surface area contributed by atoms with Crippen LogP contribution in [-0.2, 0) is 17.8 Å². The van der Waals surface area contributed by atoms with Crippen LogP contribution in [0.3, 0.4) is 0 Å². The fourth-order valence-corrected chi connectivity index (χ4v) is 2.36. The molecule has 1 aromatic carbocycles. The Morgan fingerprint density at radius 3 is 2.55 bits per heavy atom. The normalized spacial score (nSPS) is 14.3. The number of aryl methyl sites for hydroxylation is 1. The van der Waals surface area contributed by atoms with Gasteiger partial charge in [-0.25, -0.2) is 0 Å². The molecule has 5 heteroatoms. The zero-order valence-electron chi connectivity index (χ0n) is 14.3. The number of aromatic hydroxyl groups is 1. The summed E-state index contributed by atoms with van der Waals surface area (Å²) in [7, 11) is 0. The topological polar surface area (TPSA) is 64.9 Å². The molecule has 0 radical (unpaired) electrons. The van der Waals surface area contributed by atoms with Gasteiger partial charge >= 0.3 is 0 Å². The van der Waals surface area contributed by atoms with E-state index in [4.69, 9.17) is 4.74 Å². The molecule has 0 aliphatic heterocycles. The molecule has 0 bridgehead atoms. The van der Waals surface area contributed by atoms with Crippen molar-refractivity contribution < 1.29 is 14.4 Å². The van der Waals surface area contributed by atoms with Crippen LogP contribution in [0.2, 0.25) is 0 Å². The largest absolute Gasteiger partial charge is 0.591 e. The Kier molecular flexibility index (Phi) is 6.75. The maximum atomic E-state index is 12.0. The van der Waals surface area contributed by atoms with E-state index in [1.807, 2.05) is 53.7 Å². The molecule has 0 amide bonds. The Morgan fingerprint density at radius 1 is 1.36 bits per heavy atom. The summed E-state index contributed by atoms with van der Waals surface area (Å²) in [6.07, 6.45) is 1.51. The van der Waals surface area contributed by atoms with Crippen LogP contribution in [0, 0.1) is 0 Å². The number of rotatable bonds is 6. The molecule has 0 saturated carbocycles. The Labute approximate surface area is 136 Å². The van der Waals surface area contributed by atoms with Crippen LogP contribution >= 0.6 is 0 Å². The third-order valence-corrected chi connectivity index (χ3v) is 4.45. The molecule has 1 unspecified atom stereocenters. The van der Waals surface area contributed by atoms with Crippen LogP contribution in [-0.4, -0.2) is 26.2 Å². The van der Waals surface area contributed by atoms with Crippen LogP contribution in [0.4, 0.5) is 0 Å². The lowest BCUT2D eigenvalue weighted by atomic mass is 10.1. The van der Waals surface area contributed by atoms with E-state index < -0.39 is 11.4 Å². The molecule has 124 valence electrons. The van der Waals surface area contributed by atoms with E-state index in [9.17, 15) is 9.66 Å². The van der Waals surface area contributed by atoms with Crippen LogP contribution in [0.25, 0.3) is 0 Å². The van der Waals surface area contributed by atoms with Gasteiger partial charge in [-0.2, -0.15) is 0 Å². The van der Waals surface area contributed by atoms with Crippen LogP contribution in [0.1, 0.15) is 53.5 Å². The van der Waals surface area contributed by atoms with Gasteiger partial charge in [-0.05, 0) is 72.1 Å². The molecule has 1 atom stereocenters. The van der Waals surface area contributed by atoms with Crippen molar-refractivity contribution in [1.29, 1.82) is 0 Å². The molecule has 0 spiro atoms. The molecule has 0 aliphatic rings. The maximum absolute atomic E-state index is 12.0. The minimum Gasteiger partial charge on any atom is -0.591 e. The lowest BCUT2D eigenvalue weighted by Crippen LogP contribution is -2.26. The van der Waals surface area contributed by atoms with E-state index in [1.54, 1.807) is 6.07 Å². The predicted molar refractivity (Wildman–Crippen MR) is 93.2 cm³/mol. The summed E-state index contributed by atoms with van der Waals surface area (Å²) in [4.78, 5) is 0. The van der Waals surface area contributed by atoms with Crippen LogP contribution in [0.15, 0.2) is 22.6 Å². The molecule has 1 aromatic rings. The fourth-order valence-electron chi connectivity index (χ4n) is 1.71. The average Bonchev–Trinajstić information content (AvgIpc) is 2.38. The van der Waals surface area contributed by atoms with E-state index >= 15 is 0 Å². The van der Waals surface area contributed by atoms with Gasteiger partial charge in [0.15, 0.2) is 11.5 Å². The van der Waals surface area contributed by atoms with E-state index in [2.05, 4.69) is 4.40 Å². The number of phenolic OH excluding ortho intramolecular Hbond substituents is 1. The average molecular weight is 325 g/mol. The molecular weight excluding hydrogens is 298 g/mol. The monoisotopic (exact) mass is 325 g/mol. The summed E-state index contributed by atoms with van der Waals surface area (Å²) in [5.74, 6) is 0.650. The Morgan fingerprint density at radius 2 is 2.00 bits per heavy atom. The van der Waals surface area contributed by atoms with E-state index in [-0.39, 0.29) is 16.6 Å². The summed E-state index contributed by atoms with van der Waals surface area (Å²) in [5, 5.41) is 9.78. The van der Waals surface area contributed by atoms with Gasteiger partial charge in [0.2, 0.25) is 0 Å². The molecule has 4 nitrogen and oxygen atoms in total. The summed E-state index contributed by atoms with van der Waals surface area (Å²) in [6.45, 7) is 11.5. The van der Waals surface area contributed by atoms with Gasteiger partial charge in [0.05, 0.1) is 11.8 Å². The van der Waals surface area contributed by atoms with Gasteiger partial charge in [-0.1, -0.05) is 10.5 Å². The van der Waals surface area contributed by atoms with Crippen LogP contribution < -0.4 is 4.74 Å². The second kappa shape index (κ2) is 7.88. The van der Waals surface area contributed by atoms with E-state index in [0.29, 0.717) is 5.75 Å². The zero-order valence-corrected chi connectivity index (χ0v) is 15.2. The lowest BCUT2D eigenvalue weighted by molar-refractivity contribution is 0.231. The first-order chi connectivity index (χ1) is 10.1. The number of phenols is 1. The molecule has 0 heterocycles. The highest BCUT2D eigenvalue weighted by atomic mass is 32.2. The molecule has 22 heavy (non-hydrogen) atoms. The smallest absolute Gasteiger partial charge is 0.161 e. The standard InChI is InChI=1S/C17H27NO3S/c1-12(2)21-16-11-14(9-10-15(16)19)8-7-13(3)18-22(20)17(4,5)6/h9-12,19H,7-8H2,1-6H3/b18-13+. The highest BCUT2D eigenvalue weighted by molar-refractivity contribution is 7.91. The number of benzene rings is 1. The van der Waals surface area contributed by atoms with Gasteiger partial charge in [0, 0.05) is 0 Å².